The molecule has 0 spiro atoms. The maximum atomic E-state index is 11.7. The first-order valence-corrected chi connectivity index (χ1v) is 9.91. The van der Waals surface area contributed by atoms with Gasteiger partial charge in [0.2, 0.25) is 0 Å². The molecule has 1 atom stereocenters. The lowest BCUT2D eigenvalue weighted by atomic mass is 10.1. The van der Waals surface area contributed by atoms with Crippen molar-refractivity contribution in [3.8, 4) is 0 Å². The maximum Gasteiger partial charge on any atom is 0.306 e. The Hall–Kier alpha value is -0.540. The smallest absolute Gasteiger partial charge is 0.306 e. The average molecular weight is 404 g/mol. The topological polar surface area (TPSA) is 26.3 Å². The molecule has 0 saturated carbocycles. The number of carbonyl (C=O) groups is 1. The third-order valence-corrected chi connectivity index (χ3v) is 4.51. The van der Waals surface area contributed by atoms with Gasteiger partial charge in [0.15, 0.2) is 0 Å². The van der Waals surface area contributed by atoms with E-state index in [1.807, 2.05) is 24.3 Å². The van der Waals surface area contributed by atoms with Gasteiger partial charge in [-0.3, -0.25) is 4.79 Å². The summed E-state index contributed by atoms with van der Waals surface area (Å²) in [5.41, 5.74) is 0.973. The molecule has 0 amide bonds. The van der Waals surface area contributed by atoms with Gasteiger partial charge >= 0.3 is 5.97 Å². The van der Waals surface area contributed by atoms with Gasteiger partial charge in [-0.15, -0.1) is 0 Å². The molecule has 0 aliphatic carbocycles. The maximum absolute atomic E-state index is 11.7. The van der Waals surface area contributed by atoms with Gasteiger partial charge in [0.25, 0.3) is 0 Å². The second-order valence-corrected chi connectivity index (χ2v) is 8.08. The number of ether oxygens (including phenoxy) is 1. The van der Waals surface area contributed by atoms with Crippen molar-refractivity contribution in [1.29, 1.82) is 0 Å². The second-order valence-electron chi connectivity index (χ2n) is 6.08. The first-order valence-electron chi connectivity index (χ1n) is 8.62. The van der Waals surface area contributed by atoms with E-state index in [1.165, 1.54) is 38.5 Å². The van der Waals surface area contributed by atoms with E-state index in [4.69, 9.17) is 16.3 Å². The fraction of sp³-hybridized carbons (Fsp3) is 0.632. The van der Waals surface area contributed by atoms with Gasteiger partial charge in [-0.2, -0.15) is 0 Å². The van der Waals surface area contributed by atoms with Crippen molar-refractivity contribution in [2.24, 2.45) is 0 Å². The van der Waals surface area contributed by atoms with Crippen LogP contribution in [0.5, 0.6) is 0 Å². The number of esters is 1. The van der Waals surface area contributed by atoms with Crippen molar-refractivity contribution >= 4 is 33.5 Å². The van der Waals surface area contributed by atoms with Crippen LogP contribution in [0.25, 0.3) is 0 Å². The van der Waals surface area contributed by atoms with Crippen LogP contribution in [0.4, 0.5) is 0 Å². The molecule has 23 heavy (non-hydrogen) atoms. The highest BCUT2D eigenvalue weighted by Gasteiger charge is 2.03. The lowest BCUT2D eigenvalue weighted by molar-refractivity contribution is -0.145. The monoisotopic (exact) mass is 402 g/mol. The molecule has 1 aromatic carbocycles. The summed E-state index contributed by atoms with van der Waals surface area (Å²) in [6.07, 6.45) is 10.3. The summed E-state index contributed by atoms with van der Waals surface area (Å²) in [7, 11) is 0. The van der Waals surface area contributed by atoms with Gasteiger partial charge in [0.1, 0.15) is 6.61 Å². The largest absolute Gasteiger partial charge is 0.461 e. The van der Waals surface area contributed by atoms with Gasteiger partial charge in [-0.1, -0.05) is 85.1 Å². The lowest BCUT2D eigenvalue weighted by Crippen LogP contribution is -2.04. The molecule has 0 saturated heterocycles. The molecule has 0 bridgehead atoms. The first-order chi connectivity index (χ1) is 11.1. The van der Waals surface area contributed by atoms with Crippen LogP contribution in [0.3, 0.4) is 0 Å². The summed E-state index contributed by atoms with van der Waals surface area (Å²) in [6.45, 7) is 2.54. The lowest BCUT2D eigenvalue weighted by Gasteiger charge is -2.06. The van der Waals surface area contributed by atoms with Crippen LogP contribution in [0, 0.1) is 0 Å². The third kappa shape index (κ3) is 11.6. The molecule has 0 fully saturated rings. The Kier molecular flexibility index (Phi) is 11.4. The van der Waals surface area contributed by atoms with E-state index in [0.717, 1.165) is 18.4 Å². The molecule has 0 radical (unpaired) electrons. The summed E-state index contributed by atoms with van der Waals surface area (Å²) >= 11 is 9.39. The Labute approximate surface area is 154 Å². The number of rotatable bonds is 12. The van der Waals surface area contributed by atoms with Crippen LogP contribution < -0.4 is 0 Å². The van der Waals surface area contributed by atoms with Gasteiger partial charge < -0.3 is 4.74 Å². The fourth-order valence-electron chi connectivity index (χ4n) is 2.40. The zero-order valence-electron chi connectivity index (χ0n) is 14.0. The highest BCUT2D eigenvalue weighted by Crippen LogP contribution is 2.14. The van der Waals surface area contributed by atoms with Crippen molar-refractivity contribution in [3.63, 3.8) is 0 Å². The fourth-order valence-corrected chi connectivity index (χ4v) is 2.85. The zero-order valence-corrected chi connectivity index (χ0v) is 16.4. The summed E-state index contributed by atoms with van der Waals surface area (Å²) in [4.78, 5) is 12.3. The molecule has 1 unspecified atom stereocenters. The van der Waals surface area contributed by atoms with E-state index in [-0.39, 0.29) is 5.97 Å². The highest BCUT2D eigenvalue weighted by atomic mass is 79.9. The number of halogens is 2. The Morgan fingerprint density at radius 1 is 1.04 bits per heavy atom. The van der Waals surface area contributed by atoms with Crippen LogP contribution in [-0.2, 0) is 16.1 Å². The minimum atomic E-state index is -0.105. The summed E-state index contributed by atoms with van der Waals surface area (Å²) in [5, 5.41) is 0.696. The molecule has 0 heterocycles. The molecule has 0 aliphatic rings. The first kappa shape index (κ1) is 20.5. The minimum Gasteiger partial charge on any atom is -0.461 e. The Bertz CT molecular complexity index is 432. The molecule has 0 N–H and O–H groups in total. The molecular weight excluding hydrogens is 376 g/mol. The third-order valence-electron chi connectivity index (χ3n) is 3.80. The average Bonchev–Trinajstić information content (AvgIpc) is 2.52. The van der Waals surface area contributed by atoms with E-state index in [0.29, 0.717) is 22.9 Å². The van der Waals surface area contributed by atoms with Crippen LogP contribution in [0.15, 0.2) is 24.3 Å². The molecule has 0 aromatic heterocycles. The second kappa shape index (κ2) is 12.8. The predicted octanol–water partition coefficient (Wildman–Crippen LogP) is 6.68. The van der Waals surface area contributed by atoms with Crippen LogP contribution in [-0.4, -0.2) is 10.8 Å². The number of hydrogen-bond donors (Lipinski definition) is 0. The molecule has 1 aromatic rings. The Balaban J connectivity index is 1.93. The normalized spacial score (nSPS) is 12.1. The SMILES string of the molecule is CC(Br)CCCCCCCCCC(=O)OCc1ccc(Cl)cc1. The van der Waals surface area contributed by atoms with Crippen molar-refractivity contribution in [3.05, 3.63) is 34.9 Å². The van der Waals surface area contributed by atoms with Crippen molar-refractivity contribution in [2.45, 2.75) is 76.1 Å². The van der Waals surface area contributed by atoms with Crippen molar-refractivity contribution in [1.82, 2.24) is 0 Å². The summed E-state index contributed by atoms with van der Waals surface area (Å²) in [6, 6.07) is 7.38. The van der Waals surface area contributed by atoms with Gasteiger partial charge in [-0.25, -0.2) is 0 Å². The van der Waals surface area contributed by atoms with E-state index in [9.17, 15) is 4.79 Å². The standard InChI is InChI=1S/C19H28BrClO2/c1-16(20)9-7-5-3-2-4-6-8-10-19(22)23-15-17-11-13-18(21)14-12-17/h11-14,16H,2-10,15H2,1H3. The van der Waals surface area contributed by atoms with Crippen molar-refractivity contribution < 1.29 is 9.53 Å². The van der Waals surface area contributed by atoms with Crippen LogP contribution in [0.1, 0.15) is 70.3 Å². The number of unbranched alkanes of at least 4 members (excludes halogenated alkanes) is 6. The van der Waals surface area contributed by atoms with Crippen LogP contribution >= 0.6 is 27.5 Å². The van der Waals surface area contributed by atoms with Gasteiger partial charge in [-0.05, 0) is 30.5 Å². The molecule has 0 aliphatic heterocycles. The Morgan fingerprint density at radius 3 is 2.22 bits per heavy atom. The van der Waals surface area contributed by atoms with Gasteiger partial charge in [0, 0.05) is 16.3 Å². The number of alkyl halides is 1. The zero-order chi connectivity index (χ0) is 16.9. The van der Waals surface area contributed by atoms with E-state index in [2.05, 4.69) is 22.9 Å². The van der Waals surface area contributed by atoms with E-state index >= 15 is 0 Å². The van der Waals surface area contributed by atoms with Crippen LogP contribution in [0.2, 0.25) is 5.02 Å². The highest BCUT2D eigenvalue weighted by molar-refractivity contribution is 9.09. The minimum absolute atomic E-state index is 0.105. The molecule has 2 nitrogen and oxygen atoms in total. The van der Waals surface area contributed by atoms with Crippen molar-refractivity contribution in [2.75, 3.05) is 0 Å². The van der Waals surface area contributed by atoms with E-state index < -0.39 is 0 Å². The molecular formula is C19H28BrClO2. The quantitative estimate of drug-likeness (QED) is 0.221. The summed E-state index contributed by atoms with van der Waals surface area (Å²) in [5.74, 6) is -0.105. The molecule has 130 valence electrons. The van der Waals surface area contributed by atoms with Gasteiger partial charge in [0.05, 0.1) is 0 Å². The molecule has 4 heteroatoms. The Morgan fingerprint density at radius 2 is 1.61 bits per heavy atom. The predicted molar refractivity (Wildman–Crippen MR) is 101 cm³/mol. The molecule has 1 rings (SSSR count). The number of benzene rings is 1. The number of carbonyl (C=O) groups excluding carboxylic acids is 1. The van der Waals surface area contributed by atoms with E-state index in [1.54, 1.807) is 0 Å². The number of hydrogen-bond acceptors (Lipinski definition) is 2. The summed E-state index contributed by atoms with van der Waals surface area (Å²) < 4.78 is 5.26.